The third kappa shape index (κ3) is 7.38. The van der Waals surface area contributed by atoms with Crippen molar-refractivity contribution in [3.63, 3.8) is 0 Å². The molecular formula is C24H31N3O4. The largest absolute Gasteiger partial charge is 0.484 e. The lowest BCUT2D eigenvalue weighted by Gasteiger charge is -2.26. The molecule has 0 radical (unpaired) electrons. The van der Waals surface area contributed by atoms with Gasteiger partial charge in [-0.1, -0.05) is 44.2 Å². The van der Waals surface area contributed by atoms with Crippen LogP contribution in [-0.2, 0) is 20.9 Å². The van der Waals surface area contributed by atoms with E-state index in [9.17, 15) is 9.59 Å². The topological polar surface area (TPSA) is 79.9 Å². The lowest BCUT2D eigenvalue weighted by Crippen LogP contribution is -2.48. The Hall–Kier alpha value is -2.90. The molecule has 1 fully saturated rings. The molecule has 3 rings (SSSR count). The van der Waals surface area contributed by atoms with E-state index in [0.717, 1.165) is 44.1 Å². The number of hydrogen-bond donors (Lipinski definition) is 2. The summed E-state index contributed by atoms with van der Waals surface area (Å²) >= 11 is 0. The number of benzene rings is 2. The molecule has 31 heavy (non-hydrogen) atoms. The minimum absolute atomic E-state index is 0.0720. The normalized spacial score (nSPS) is 15.3. The molecule has 1 saturated heterocycles. The summed E-state index contributed by atoms with van der Waals surface area (Å²) in [6.45, 7) is 7.78. The van der Waals surface area contributed by atoms with Crippen molar-refractivity contribution in [2.75, 3.05) is 38.2 Å². The van der Waals surface area contributed by atoms with E-state index in [1.807, 2.05) is 56.3 Å². The first-order chi connectivity index (χ1) is 15.0. The number of carbonyl (C=O) groups excluding carboxylic acids is 2. The van der Waals surface area contributed by atoms with Crippen LogP contribution in [0.2, 0.25) is 0 Å². The second kappa shape index (κ2) is 11.5. The van der Waals surface area contributed by atoms with Crippen molar-refractivity contribution in [1.29, 1.82) is 0 Å². The van der Waals surface area contributed by atoms with Crippen LogP contribution >= 0.6 is 0 Å². The Bertz CT molecular complexity index is 851. The highest BCUT2D eigenvalue weighted by molar-refractivity contribution is 5.97. The number of hydrogen-bond acceptors (Lipinski definition) is 5. The Morgan fingerprint density at radius 1 is 1.06 bits per heavy atom. The molecule has 2 amide bonds. The number of rotatable bonds is 9. The Balaban J connectivity index is 1.54. The zero-order chi connectivity index (χ0) is 22.1. The maximum Gasteiger partial charge on any atom is 0.258 e. The maximum absolute atomic E-state index is 12.9. The van der Waals surface area contributed by atoms with Gasteiger partial charge in [-0.25, -0.2) is 0 Å². The number of amides is 2. The van der Waals surface area contributed by atoms with Crippen LogP contribution in [-0.4, -0.2) is 55.7 Å². The lowest BCUT2D eigenvalue weighted by molar-refractivity contribution is -0.128. The number of anilines is 1. The van der Waals surface area contributed by atoms with Crippen LogP contribution in [0.25, 0.3) is 0 Å². The summed E-state index contributed by atoms with van der Waals surface area (Å²) in [6, 6.07) is 16.3. The summed E-state index contributed by atoms with van der Waals surface area (Å²) in [5.41, 5.74) is 1.84. The van der Waals surface area contributed by atoms with Crippen molar-refractivity contribution in [2.45, 2.75) is 26.4 Å². The fourth-order valence-electron chi connectivity index (χ4n) is 3.40. The zero-order valence-corrected chi connectivity index (χ0v) is 18.2. The molecule has 2 aromatic rings. The molecule has 0 spiro atoms. The molecule has 1 unspecified atom stereocenters. The van der Waals surface area contributed by atoms with Gasteiger partial charge in [-0.05, 0) is 35.7 Å². The predicted octanol–water partition coefficient (Wildman–Crippen LogP) is 2.68. The summed E-state index contributed by atoms with van der Waals surface area (Å²) in [6.07, 6.45) is 0. The van der Waals surface area contributed by atoms with Crippen molar-refractivity contribution >= 4 is 17.5 Å². The first-order valence-electron chi connectivity index (χ1n) is 10.7. The SMILES string of the molecule is CC(C)C(NC(=O)COc1ccccc1)C(=O)Nc1cccc(CN2CCOCC2)c1. The molecule has 0 saturated carbocycles. The Morgan fingerprint density at radius 3 is 2.52 bits per heavy atom. The molecule has 166 valence electrons. The van der Waals surface area contributed by atoms with E-state index >= 15 is 0 Å². The third-order valence-corrected chi connectivity index (χ3v) is 5.08. The number of para-hydroxylation sites is 1. The van der Waals surface area contributed by atoms with Crippen molar-refractivity contribution in [3.05, 3.63) is 60.2 Å². The van der Waals surface area contributed by atoms with Gasteiger partial charge in [-0.15, -0.1) is 0 Å². The van der Waals surface area contributed by atoms with Gasteiger partial charge in [-0.3, -0.25) is 14.5 Å². The number of morpholine rings is 1. The van der Waals surface area contributed by atoms with Gasteiger partial charge in [0, 0.05) is 25.3 Å². The Kier molecular flexibility index (Phi) is 8.44. The number of nitrogens with zero attached hydrogens (tertiary/aromatic N) is 1. The molecule has 7 heteroatoms. The standard InChI is InChI=1S/C24H31N3O4/c1-18(2)23(26-22(28)17-31-21-9-4-3-5-10-21)24(29)25-20-8-6-7-19(15-20)16-27-11-13-30-14-12-27/h3-10,15,18,23H,11-14,16-17H2,1-2H3,(H,25,29)(H,26,28). The minimum Gasteiger partial charge on any atom is -0.484 e. The molecule has 2 aromatic carbocycles. The van der Waals surface area contributed by atoms with Crippen molar-refractivity contribution < 1.29 is 19.1 Å². The Labute approximate surface area is 183 Å². The fraction of sp³-hybridized carbons (Fsp3) is 0.417. The molecule has 1 aliphatic heterocycles. The molecule has 7 nitrogen and oxygen atoms in total. The van der Waals surface area contributed by atoms with E-state index < -0.39 is 6.04 Å². The van der Waals surface area contributed by atoms with Gasteiger partial charge >= 0.3 is 0 Å². The van der Waals surface area contributed by atoms with Gasteiger partial charge in [0.2, 0.25) is 5.91 Å². The van der Waals surface area contributed by atoms with Gasteiger partial charge in [0.25, 0.3) is 5.91 Å². The van der Waals surface area contributed by atoms with Crippen LogP contribution < -0.4 is 15.4 Å². The van der Waals surface area contributed by atoms with Gasteiger partial charge in [0.1, 0.15) is 11.8 Å². The second-order valence-corrected chi connectivity index (χ2v) is 7.97. The smallest absolute Gasteiger partial charge is 0.258 e. The second-order valence-electron chi connectivity index (χ2n) is 7.97. The first kappa shape index (κ1) is 22.8. The van der Waals surface area contributed by atoms with E-state index in [1.54, 1.807) is 12.1 Å². The number of ether oxygens (including phenoxy) is 2. The van der Waals surface area contributed by atoms with Crippen LogP contribution in [0.3, 0.4) is 0 Å². The van der Waals surface area contributed by atoms with Crippen molar-refractivity contribution in [3.8, 4) is 5.75 Å². The van der Waals surface area contributed by atoms with Crippen LogP contribution in [0.4, 0.5) is 5.69 Å². The lowest BCUT2D eigenvalue weighted by atomic mass is 10.0. The molecule has 0 aliphatic carbocycles. The number of nitrogens with one attached hydrogen (secondary N) is 2. The van der Waals surface area contributed by atoms with Crippen LogP contribution in [0, 0.1) is 5.92 Å². The van der Waals surface area contributed by atoms with Crippen molar-refractivity contribution in [2.24, 2.45) is 5.92 Å². The molecule has 0 aromatic heterocycles. The maximum atomic E-state index is 12.9. The van der Waals surface area contributed by atoms with E-state index in [2.05, 4.69) is 15.5 Å². The van der Waals surface area contributed by atoms with Crippen LogP contribution in [0.15, 0.2) is 54.6 Å². The molecule has 1 heterocycles. The number of carbonyl (C=O) groups is 2. The quantitative estimate of drug-likeness (QED) is 0.646. The highest BCUT2D eigenvalue weighted by atomic mass is 16.5. The predicted molar refractivity (Wildman–Crippen MR) is 120 cm³/mol. The van der Waals surface area contributed by atoms with Crippen LogP contribution in [0.1, 0.15) is 19.4 Å². The van der Waals surface area contributed by atoms with Gasteiger partial charge in [0.05, 0.1) is 13.2 Å². The first-order valence-corrected chi connectivity index (χ1v) is 10.7. The van der Waals surface area contributed by atoms with E-state index in [4.69, 9.17) is 9.47 Å². The van der Waals surface area contributed by atoms with E-state index in [0.29, 0.717) is 5.75 Å². The summed E-state index contributed by atoms with van der Waals surface area (Å²) in [4.78, 5) is 27.5. The molecule has 1 atom stereocenters. The molecule has 0 bridgehead atoms. The third-order valence-electron chi connectivity index (χ3n) is 5.08. The van der Waals surface area contributed by atoms with Gasteiger partial charge in [-0.2, -0.15) is 0 Å². The average molecular weight is 426 g/mol. The highest BCUT2D eigenvalue weighted by Crippen LogP contribution is 2.15. The Morgan fingerprint density at radius 2 is 1.81 bits per heavy atom. The molecule has 1 aliphatic rings. The van der Waals surface area contributed by atoms with Gasteiger partial charge < -0.3 is 20.1 Å². The summed E-state index contributed by atoms with van der Waals surface area (Å²) in [5.74, 6) is -0.0390. The molecular weight excluding hydrogens is 394 g/mol. The van der Waals surface area contributed by atoms with E-state index in [1.165, 1.54) is 0 Å². The summed E-state index contributed by atoms with van der Waals surface area (Å²) in [7, 11) is 0. The minimum atomic E-state index is -0.658. The van der Waals surface area contributed by atoms with Crippen LogP contribution in [0.5, 0.6) is 5.75 Å². The highest BCUT2D eigenvalue weighted by Gasteiger charge is 2.24. The monoisotopic (exact) mass is 425 g/mol. The average Bonchev–Trinajstić information content (AvgIpc) is 2.77. The molecule has 2 N–H and O–H groups in total. The van der Waals surface area contributed by atoms with Crippen molar-refractivity contribution in [1.82, 2.24) is 10.2 Å². The fourth-order valence-corrected chi connectivity index (χ4v) is 3.40. The zero-order valence-electron chi connectivity index (χ0n) is 18.2. The summed E-state index contributed by atoms with van der Waals surface area (Å²) < 4.78 is 10.9. The van der Waals surface area contributed by atoms with Gasteiger partial charge in [0.15, 0.2) is 6.61 Å². The van der Waals surface area contributed by atoms with E-state index in [-0.39, 0.29) is 24.3 Å². The summed E-state index contributed by atoms with van der Waals surface area (Å²) in [5, 5.41) is 5.73.